The van der Waals surface area contributed by atoms with Crippen LogP contribution in [0.4, 0.5) is 5.69 Å². The molecule has 0 N–H and O–H groups in total. The first kappa shape index (κ1) is 22.9. The molecule has 4 aromatic rings. The molecule has 0 aliphatic carbocycles. The summed E-state index contributed by atoms with van der Waals surface area (Å²) in [5.41, 5.74) is 1.48. The van der Waals surface area contributed by atoms with Crippen molar-refractivity contribution in [1.29, 1.82) is 0 Å². The molecule has 5 rings (SSSR count). The van der Waals surface area contributed by atoms with Gasteiger partial charge in [0.1, 0.15) is 16.4 Å². The molecule has 5 nitrogen and oxygen atoms in total. The number of benzene rings is 4. The summed E-state index contributed by atoms with van der Waals surface area (Å²) < 4.78 is 33.4. The summed E-state index contributed by atoms with van der Waals surface area (Å²) in [4.78, 5) is 14.6. The Hall–Kier alpha value is -3.87. The van der Waals surface area contributed by atoms with E-state index in [0.717, 1.165) is 0 Å². The Kier molecular flexibility index (Phi) is 6.16. The molecule has 174 valence electrons. The SMILES string of the molecule is O=C1/C(=C/c2cccc(Oc3ccccc3)c2)S(=O)(=O)C(c2ccccc2)N1c1ccc(Cl)cc1. The Balaban J connectivity index is 1.58. The maximum Gasteiger partial charge on any atom is 0.271 e. The van der Waals surface area contributed by atoms with Crippen molar-refractivity contribution in [2.75, 3.05) is 4.90 Å². The van der Waals surface area contributed by atoms with Crippen LogP contribution >= 0.6 is 11.6 Å². The minimum atomic E-state index is -4.04. The van der Waals surface area contributed by atoms with Crippen LogP contribution in [0, 0.1) is 0 Å². The van der Waals surface area contributed by atoms with Gasteiger partial charge in [-0.1, -0.05) is 72.3 Å². The fraction of sp³-hybridized carbons (Fsp3) is 0.0357. The van der Waals surface area contributed by atoms with Crippen molar-refractivity contribution in [3.8, 4) is 11.5 Å². The number of carbonyl (C=O) groups excluding carboxylic acids is 1. The highest BCUT2D eigenvalue weighted by Gasteiger charge is 2.50. The molecule has 1 aliphatic rings. The molecule has 7 heteroatoms. The van der Waals surface area contributed by atoms with Crippen molar-refractivity contribution < 1.29 is 17.9 Å². The molecule has 1 unspecified atom stereocenters. The third-order valence-corrected chi connectivity index (χ3v) is 7.82. The van der Waals surface area contributed by atoms with Crippen LogP contribution in [-0.2, 0) is 14.6 Å². The quantitative estimate of drug-likeness (QED) is 0.288. The molecule has 0 spiro atoms. The second kappa shape index (κ2) is 9.41. The number of hydrogen-bond donors (Lipinski definition) is 0. The smallest absolute Gasteiger partial charge is 0.271 e. The number of halogens is 1. The monoisotopic (exact) mass is 501 g/mol. The molecule has 4 aromatic carbocycles. The molecule has 35 heavy (non-hydrogen) atoms. The number of rotatable bonds is 5. The van der Waals surface area contributed by atoms with Crippen LogP contribution in [0.3, 0.4) is 0 Å². The standard InChI is InChI=1S/C28H20ClNO4S/c29-22-14-16-23(17-15-22)30-27(31)26(35(32,33)28(30)21-9-3-1-4-10-21)19-20-8-7-13-25(18-20)34-24-11-5-2-6-12-24/h1-19,28H/b26-19-. The van der Waals surface area contributed by atoms with Crippen LogP contribution < -0.4 is 9.64 Å². The summed E-state index contributed by atoms with van der Waals surface area (Å²) in [6, 6.07) is 31.5. The lowest BCUT2D eigenvalue weighted by Gasteiger charge is -2.23. The van der Waals surface area contributed by atoms with Gasteiger partial charge in [0.15, 0.2) is 5.37 Å². The molecule has 0 aromatic heterocycles. The van der Waals surface area contributed by atoms with E-state index in [1.54, 1.807) is 78.9 Å². The van der Waals surface area contributed by atoms with Gasteiger partial charge in [0, 0.05) is 10.7 Å². The van der Waals surface area contributed by atoms with Gasteiger partial charge in [-0.15, -0.1) is 0 Å². The minimum Gasteiger partial charge on any atom is -0.457 e. The predicted octanol–water partition coefficient (Wildman–Crippen LogP) is 6.63. The minimum absolute atomic E-state index is 0.279. The Morgan fingerprint density at radius 3 is 2.09 bits per heavy atom. The first-order valence-electron chi connectivity index (χ1n) is 10.9. The third-order valence-electron chi connectivity index (χ3n) is 5.59. The van der Waals surface area contributed by atoms with Gasteiger partial charge >= 0.3 is 0 Å². The first-order valence-corrected chi connectivity index (χ1v) is 12.8. The van der Waals surface area contributed by atoms with Crippen LogP contribution in [-0.4, -0.2) is 14.3 Å². The molecule has 1 atom stereocenters. The number of sulfone groups is 1. The van der Waals surface area contributed by atoms with Gasteiger partial charge in [-0.3, -0.25) is 9.69 Å². The van der Waals surface area contributed by atoms with Crippen LogP contribution in [0.15, 0.2) is 114 Å². The summed E-state index contributed by atoms with van der Waals surface area (Å²) in [7, 11) is -4.04. The van der Waals surface area contributed by atoms with E-state index in [-0.39, 0.29) is 4.91 Å². The van der Waals surface area contributed by atoms with Gasteiger partial charge < -0.3 is 4.74 Å². The van der Waals surface area contributed by atoms with E-state index in [1.165, 1.54) is 11.0 Å². The van der Waals surface area contributed by atoms with E-state index >= 15 is 0 Å². The van der Waals surface area contributed by atoms with Gasteiger partial charge in [0.2, 0.25) is 9.84 Å². The Labute approximate surface area is 208 Å². The first-order chi connectivity index (χ1) is 16.9. The number of carbonyl (C=O) groups is 1. The van der Waals surface area contributed by atoms with Gasteiger partial charge in [-0.2, -0.15) is 0 Å². The zero-order valence-corrected chi connectivity index (χ0v) is 20.0. The zero-order chi connectivity index (χ0) is 24.4. The Morgan fingerprint density at radius 1 is 0.771 bits per heavy atom. The Bertz CT molecular complexity index is 1500. The summed E-state index contributed by atoms with van der Waals surface area (Å²) in [5.74, 6) is 0.582. The molecule has 1 fully saturated rings. The fourth-order valence-electron chi connectivity index (χ4n) is 3.99. The number of amides is 1. The predicted molar refractivity (Wildman–Crippen MR) is 138 cm³/mol. The van der Waals surface area contributed by atoms with Crippen molar-refractivity contribution in [2.45, 2.75) is 5.37 Å². The number of ether oxygens (including phenoxy) is 1. The largest absolute Gasteiger partial charge is 0.457 e. The summed E-state index contributed by atoms with van der Waals surface area (Å²) >= 11 is 6.03. The summed E-state index contributed by atoms with van der Waals surface area (Å²) in [6.45, 7) is 0. The van der Waals surface area contributed by atoms with Crippen molar-refractivity contribution in [3.63, 3.8) is 0 Å². The summed E-state index contributed by atoms with van der Waals surface area (Å²) in [6.07, 6.45) is 1.40. The zero-order valence-electron chi connectivity index (χ0n) is 18.4. The average molecular weight is 502 g/mol. The number of para-hydroxylation sites is 1. The third kappa shape index (κ3) is 4.58. The van der Waals surface area contributed by atoms with E-state index in [1.807, 2.05) is 30.3 Å². The highest BCUT2D eigenvalue weighted by atomic mass is 35.5. The number of anilines is 1. The molecule has 1 heterocycles. The molecule has 1 aliphatic heterocycles. The molecular formula is C28H20ClNO4S. The van der Waals surface area contributed by atoms with Crippen molar-refractivity contribution in [3.05, 3.63) is 130 Å². The molecule has 0 radical (unpaired) electrons. The van der Waals surface area contributed by atoms with E-state index in [4.69, 9.17) is 16.3 Å². The van der Waals surface area contributed by atoms with Gasteiger partial charge in [-0.25, -0.2) is 8.42 Å². The normalized spacial score (nSPS) is 18.1. The molecular weight excluding hydrogens is 482 g/mol. The molecule has 1 saturated heterocycles. The lowest BCUT2D eigenvalue weighted by molar-refractivity contribution is -0.114. The molecule has 0 saturated carbocycles. The average Bonchev–Trinajstić information content (AvgIpc) is 3.06. The second-order valence-electron chi connectivity index (χ2n) is 7.96. The second-order valence-corrected chi connectivity index (χ2v) is 10.4. The highest BCUT2D eigenvalue weighted by molar-refractivity contribution is 7.97. The number of hydrogen-bond acceptors (Lipinski definition) is 4. The van der Waals surface area contributed by atoms with Gasteiger partial charge in [0.05, 0.1) is 0 Å². The number of nitrogens with zero attached hydrogens (tertiary/aromatic N) is 1. The lowest BCUT2D eigenvalue weighted by atomic mass is 10.1. The van der Waals surface area contributed by atoms with Gasteiger partial charge in [0.25, 0.3) is 5.91 Å². The van der Waals surface area contributed by atoms with E-state index in [0.29, 0.717) is 33.3 Å². The van der Waals surface area contributed by atoms with E-state index < -0.39 is 21.1 Å². The fourth-order valence-corrected chi connectivity index (χ4v) is 6.01. The van der Waals surface area contributed by atoms with Crippen LogP contribution in [0.5, 0.6) is 11.5 Å². The van der Waals surface area contributed by atoms with Crippen LogP contribution in [0.1, 0.15) is 16.5 Å². The van der Waals surface area contributed by atoms with Crippen molar-refractivity contribution in [1.82, 2.24) is 0 Å². The van der Waals surface area contributed by atoms with Crippen molar-refractivity contribution >= 4 is 39.1 Å². The van der Waals surface area contributed by atoms with E-state index in [9.17, 15) is 13.2 Å². The van der Waals surface area contributed by atoms with E-state index in [2.05, 4.69) is 0 Å². The lowest BCUT2D eigenvalue weighted by Crippen LogP contribution is -2.28. The van der Waals surface area contributed by atoms with Crippen molar-refractivity contribution in [2.24, 2.45) is 0 Å². The highest BCUT2D eigenvalue weighted by Crippen LogP contribution is 2.43. The van der Waals surface area contributed by atoms with Crippen LogP contribution in [0.25, 0.3) is 6.08 Å². The maximum absolute atomic E-state index is 13.7. The maximum atomic E-state index is 13.7. The topological polar surface area (TPSA) is 63.7 Å². The van der Waals surface area contributed by atoms with Crippen LogP contribution in [0.2, 0.25) is 5.02 Å². The molecule has 1 amide bonds. The molecule has 0 bridgehead atoms. The Morgan fingerprint density at radius 2 is 1.40 bits per heavy atom. The van der Waals surface area contributed by atoms with Gasteiger partial charge in [-0.05, 0) is 65.7 Å². The summed E-state index contributed by atoms with van der Waals surface area (Å²) in [5, 5.41) is -0.696.